The molecule has 0 aromatic carbocycles. The molecule has 0 aromatic heterocycles. The maximum absolute atomic E-state index is 5.14. The van der Waals surface area contributed by atoms with Gasteiger partial charge in [0, 0.05) is 13.2 Å². The highest BCUT2D eigenvalue weighted by molar-refractivity contribution is 6.08. The van der Waals surface area contributed by atoms with E-state index >= 15 is 0 Å². The second-order valence-corrected chi connectivity index (χ2v) is 2.46. The summed E-state index contributed by atoms with van der Waals surface area (Å²) in [4.78, 5) is 0. The molecule has 2 heteroatoms. The van der Waals surface area contributed by atoms with Crippen molar-refractivity contribution in [2.45, 2.75) is 38.9 Å². The molecule has 0 saturated carbocycles. The lowest BCUT2D eigenvalue weighted by Crippen LogP contribution is -1.74. The van der Waals surface area contributed by atoms with Gasteiger partial charge in [0.15, 0.2) is 0 Å². The summed E-state index contributed by atoms with van der Waals surface area (Å²) >= 11 is 0. The van der Waals surface area contributed by atoms with Crippen molar-refractivity contribution in [3.05, 3.63) is 0 Å². The van der Waals surface area contributed by atoms with E-state index in [2.05, 4.69) is 6.92 Å². The van der Waals surface area contributed by atoms with Gasteiger partial charge in [-0.2, -0.15) is 0 Å². The zero-order chi connectivity index (χ0) is 7.66. The fraction of sp³-hybridized carbons (Fsp3) is 1.00. The molecule has 0 N–H and O–H groups in total. The Morgan fingerprint density at radius 3 is 2.00 bits per heavy atom. The minimum Gasteiger partial charge on any atom is -0.381 e. The quantitative estimate of drug-likeness (QED) is 0.534. The molecular weight excluding hydrogens is 123 g/mol. The Labute approximate surface area is 65.6 Å². The Morgan fingerprint density at radius 1 is 1.30 bits per heavy atom. The van der Waals surface area contributed by atoms with E-state index in [1.165, 1.54) is 25.7 Å². The third-order valence-electron chi connectivity index (χ3n) is 1.39. The molecule has 0 bridgehead atoms. The molecule has 2 radical (unpaired) electrons. The molecule has 0 aromatic rings. The molecule has 10 heavy (non-hydrogen) atoms. The van der Waals surface area contributed by atoms with Gasteiger partial charge in [0.05, 0.1) is 7.85 Å². The zero-order valence-corrected chi connectivity index (χ0v) is 6.94. The highest BCUT2D eigenvalue weighted by Gasteiger charge is 1.94. The summed E-state index contributed by atoms with van der Waals surface area (Å²) in [6.45, 7) is 4.13. The Kier molecular flexibility index (Phi) is 9.05. The van der Waals surface area contributed by atoms with Gasteiger partial charge in [-0.05, 0) is 12.8 Å². The third-order valence-corrected chi connectivity index (χ3v) is 1.39. The minimum absolute atomic E-state index is 0.844. The number of rotatable bonds is 2. The van der Waals surface area contributed by atoms with E-state index in [9.17, 15) is 0 Å². The number of hydrogen-bond acceptors (Lipinski definition) is 1. The highest BCUT2D eigenvalue weighted by atomic mass is 16.5. The summed E-state index contributed by atoms with van der Waals surface area (Å²) in [6.07, 6.45) is 5.78. The lowest BCUT2D eigenvalue weighted by atomic mass is 10.0. The van der Waals surface area contributed by atoms with Gasteiger partial charge in [0.2, 0.25) is 0 Å². The first-order chi connectivity index (χ1) is 4.91. The molecule has 1 aliphatic heterocycles. The first kappa shape index (κ1) is 10.0. The standard InChI is InChI=1S/C4H9B.C4H8O/c1-2-3-4-5;1-2-4-5-3-1/h2-4H2,1H3;1-4H2. The molecule has 0 aliphatic carbocycles. The molecular formula is C8H17BO. The summed E-state index contributed by atoms with van der Waals surface area (Å²) in [5.74, 6) is 0. The van der Waals surface area contributed by atoms with E-state index < -0.39 is 0 Å². The van der Waals surface area contributed by atoms with Gasteiger partial charge in [0.1, 0.15) is 0 Å². The van der Waals surface area contributed by atoms with Gasteiger partial charge in [-0.15, -0.1) is 0 Å². The van der Waals surface area contributed by atoms with Crippen molar-refractivity contribution in [1.29, 1.82) is 0 Å². The molecule has 1 saturated heterocycles. The smallest absolute Gasteiger partial charge is 0.0652 e. The lowest BCUT2D eigenvalue weighted by molar-refractivity contribution is 0.198. The van der Waals surface area contributed by atoms with Crippen molar-refractivity contribution >= 4 is 7.85 Å². The summed E-state index contributed by atoms with van der Waals surface area (Å²) in [7, 11) is 5.14. The number of hydrogen-bond donors (Lipinski definition) is 0. The van der Waals surface area contributed by atoms with Crippen molar-refractivity contribution in [3.63, 3.8) is 0 Å². The SMILES string of the molecule is C1CCOC1.[B]CCCC. The molecule has 1 heterocycles. The van der Waals surface area contributed by atoms with Gasteiger partial charge < -0.3 is 4.74 Å². The van der Waals surface area contributed by atoms with Crippen LogP contribution in [0, 0.1) is 0 Å². The molecule has 1 aliphatic rings. The van der Waals surface area contributed by atoms with E-state index in [-0.39, 0.29) is 0 Å². The van der Waals surface area contributed by atoms with Crippen LogP contribution in [0.2, 0.25) is 6.32 Å². The Balaban J connectivity index is 0.000000162. The van der Waals surface area contributed by atoms with Crippen LogP contribution in [0.5, 0.6) is 0 Å². The topological polar surface area (TPSA) is 9.23 Å². The second kappa shape index (κ2) is 9.02. The Morgan fingerprint density at radius 2 is 1.90 bits per heavy atom. The van der Waals surface area contributed by atoms with Crippen molar-refractivity contribution in [1.82, 2.24) is 0 Å². The van der Waals surface area contributed by atoms with Crippen molar-refractivity contribution in [2.75, 3.05) is 13.2 Å². The lowest BCUT2D eigenvalue weighted by Gasteiger charge is -1.79. The van der Waals surface area contributed by atoms with E-state index in [4.69, 9.17) is 12.6 Å². The van der Waals surface area contributed by atoms with Crippen LogP contribution in [0.25, 0.3) is 0 Å². The summed E-state index contributed by atoms with van der Waals surface area (Å²) in [6, 6.07) is 0. The van der Waals surface area contributed by atoms with Crippen molar-refractivity contribution in [3.8, 4) is 0 Å². The monoisotopic (exact) mass is 140 g/mol. The van der Waals surface area contributed by atoms with Gasteiger partial charge >= 0.3 is 0 Å². The molecule has 58 valence electrons. The van der Waals surface area contributed by atoms with Crippen LogP contribution in [0.3, 0.4) is 0 Å². The number of unbranched alkanes of at least 4 members (excludes halogenated alkanes) is 1. The normalized spacial score (nSPS) is 16.1. The van der Waals surface area contributed by atoms with E-state index in [0.717, 1.165) is 19.5 Å². The average Bonchev–Trinajstić information content (AvgIpc) is 2.44. The molecule has 0 atom stereocenters. The Bertz CT molecular complexity index is 43.6. The van der Waals surface area contributed by atoms with Gasteiger partial charge in [-0.1, -0.05) is 26.1 Å². The van der Waals surface area contributed by atoms with Crippen molar-refractivity contribution < 1.29 is 4.74 Å². The van der Waals surface area contributed by atoms with Gasteiger partial charge in [0.25, 0.3) is 0 Å². The predicted octanol–water partition coefficient (Wildman–Crippen LogP) is 2.17. The molecule has 0 unspecified atom stereocenters. The van der Waals surface area contributed by atoms with E-state index in [0.29, 0.717) is 0 Å². The third kappa shape index (κ3) is 8.02. The zero-order valence-electron chi connectivity index (χ0n) is 6.94. The maximum Gasteiger partial charge on any atom is 0.0652 e. The highest BCUT2D eigenvalue weighted by Crippen LogP contribution is 1.98. The van der Waals surface area contributed by atoms with Crippen LogP contribution >= 0.6 is 0 Å². The first-order valence-electron chi connectivity index (χ1n) is 4.19. The van der Waals surface area contributed by atoms with Crippen LogP contribution in [-0.2, 0) is 4.74 Å². The first-order valence-corrected chi connectivity index (χ1v) is 4.19. The van der Waals surface area contributed by atoms with E-state index in [1.807, 2.05) is 0 Å². The van der Waals surface area contributed by atoms with Gasteiger partial charge in [-0.3, -0.25) is 0 Å². The predicted molar refractivity (Wildman–Crippen MR) is 45.5 cm³/mol. The fourth-order valence-electron chi connectivity index (χ4n) is 0.714. The van der Waals surface area contributed by atoms with Crippen LogP contribution in [0.1, 0.15) is 32.6 Å². The second-order valence-electron chi connectivity index (χ2n) is 2.46. The van der Waals surface area contributed by atoms with Crippen LogP contribution in [-0.4, -0.2) is 21.1 Å². The molecule has 0 amide bonds. The van der Waals surface area contributed by atoms with Crippen LogP contribution in [0.15, 0.2) is 0 Å². The van der Waals surface area contributed by atoms with Crippen molar-refractivity contribution in [2.24, 2.45) is 0 Å². The minimum atomic E-state index is 0.844. The van der Waals surface area contributed by atoms with E-state index in [1.54, 1.807) is 0 Å². The summed E-state index contributed by atoms with van der Waals surface area (Å²) < 4.78 is 4.94. The van der Waals surface area contributed by atoms with Crippen LogP contribution in [0.4, 0.5) is 0 Å². The Hall–Kier alpha value is 0.0249. The maximum atomic E-state index is 5.14. The molecule has 0 spiro atoms. The number of ether oxygens (including phenoxy) is 1. The van der Waals surface area contributed by atoms with Gasteiger partial charge in [-0.25, -0.2) is 0 Å². The fourth-order valence-corrected chi connectivity index (χ4v) is 0.714. The summed E-state index contributed by atoms with van der Waals surface area (Å²) in [5, 5.41) is 0. The molecule has 1 nitrogen and oxygen atoms in total. The van der Waals surface area contributed by atoms with Crippen LogP contribution < -0.4 is 0 Å². The molecule has 1 fully saturated rings. The average molecular weight is 140 g/mol. The molecule has 1 rings (SSSR count). The summed E-state index contributed by atoms with van der Waals surface area (Å²) in [5.41, 5.74) is 0. The largest absolute Gasteiger partial charge is 0.381 e.